The van der Waals surface area contributed by atoms with Gasteiger partial charge in [0.2, 0.25) is 11.8 Å². The second kappa shape index (κ2) is 13.0. The molecule has 1 N–H and O–H groups in total. The third-order valence-electron chi connectivity index (χ3n) is 7.92. The number of rotatable bonds is 7. The summed E-state index contributed by atoms with van der Waals surface area (Å²) in [4.78, 5) is 65.7. The number of carbonyl (C=O) groups is 4. The van der Waals surface area contributed by atoms with Crippen LogP contribution >= 0.6 is 0 Å². The van der Waals surface area contributed by atoms with E-state index < -0.39 is 29.5 Å². The molecule has 2 aromatic heterocycles. The van der Waals surface area contributed by atoms with Crippen molar-refractivity contribution >= 4 is 35.8 Å². The Bertz CT molecular complexity index is 1700. The molecular formula is C33H42N8O8. The maximum atomic E-state index is 13.6. The summed E-state index contributed by atoms with van der Waals surface area (Å²) in [6.45, 7) is 11.3. The number of fused-ring (bicyclic) bond motifs is 1. The molecule has 3 heterocycles. The number of anilines is 2. The Hall–Kier alpha value is -5.28. The van der Waals surface area contributed by atoms with E-state index in [0.29, 0.717) is 29.4 Å². The van der Waals surface area contributed by atoms with Crippen LogP contribution in [-0.4, -0.2) is 105 Å². The van der Waals surface area contributed by atoms with E-state index in [-0.39, 0.29) is 53.5 Å². The maximum Gasteiger partial charge on any atom is 0.425 e. The standard InChI is InChI=1S/C33H42N8O8/c1-32(2,3)48-30(45)41(31(46)49-33(4,5)6)25-24(35-22(14-34-25)40-16-20-21(17-40)23(20)28(42)38(7)8)27-37-36-26(47-27)19-12-10-18(11-13-19)15-39(9)29(43)44/h10-14,20-21,23H,15-17H2,1-9H3,(H,43,44)/t20-,21+,23?. The molecule has 5 rings (SSSR count). The molecule has 1 saturated carbocycles. The average Bonchev–Trinajstić information content (AvgIpc) is 3.31. The highest BCUT2D eigenvalue weighted by molar-refractivity contribution is 6.10. The summed E-state index contributed by atoms with van der Waals surface area (Å²) in [7, 11) is 4.96. The number of hydrogen-bond donors (Lipinski definition) is 1. The Balaban J connectivity index is 1.53. The Kier molecular flexibility index (Phi) is 9.27. The van der Waals surface area contributed by atoms with E-state index >= 15 is 0 Å². The van der Waals surface area contributed by atoms with Gasteiger partial charge in [-0.15, -0.1) is 10.2 Å². The second-order valence-corrected chi connectivity index (χ2v) is 14.4. The number of aromatic nitrogens is 4. The first-order valence-corrected chi connectivity index (χ1v) is 15.8. The van der Waals surface area contributed by atoms with E-state index in [2.05, 4.69) is 15.2 Å². The topological polar surface area (TPSA) is 185 Å². The second-order valence-electron chi connectivity index (χ2n) is 14.4. The minimum absolute atomic E-state index is 0.0396. The Labute approximate surface area is 284 Å². The quantitative estimate of drug-likeness (QED) is 0.361. The number of carbonyl (C=O) groups excluding carboxylic acids is 3. The predicted octanol–water partition coefficient (Wildman–Crippen LogP) is 4.75. The normalized spacial score (nSPS) is 18.4. The molecule has 0 bridgehead atoms. The maximum absolute atomic E-state index is 13.6. The molecule has 4 amide bonds. The number of carboxylic acid groups (broad SMARTS) is 1. The van der Waals surface area contributed by atoms with E-state index in [4.69, 9.17) is 18.9 Å². The monoisotopic (exact) mass is 678 g/mol. The highest BCUT2D eigenvalue weighted by Gasteiger charge is 2.60. The number of nitrogens with zero attached hydrogens (tertiary/aromatic N) is 8. The van der Waals surface area contributed by atoms with Crippen molar-refractivity contribution in [3.8, 4) is 23.0 Å². The van der Waals surface area contributed by atoms with Gasteiger partial charge in [-0.3, -0.25) is 4.79 Å². The lowest BCUT2D eigenvalue weighted by Gasteiger charge is -2.29. The lowest BCUT2D eigenvalue weighted by atomic mass is 10.1. The van der Waals surface area contributed by atoms with Crippen molar-refractivity contribution in [2.24, 2.45) is 17.8 Å². The van der Waals surface area contributed by atoms with Crippen LogP contribution in [0.2, 0.25) is 0 Å². The lowest BCUT2D eigenvalue weighted by molar-refractivity contribution is -0.130. The van der Waals surface area contributed by atoms with E-state index in [9.17, 15) is 24.3 Å². The Morgan fingerprint density at radius 1 is 0.898 bits per heavy atom. The first-order chi connectivity index (χ1) is 22.8. The van der Waals surface area contributed by atoms with Crippen LogP contribution in [0.4, 0.5) is 26.0 Å². The molecule has 1 aliphatic carbocycles. The first kappa shape index (κ1) is 35.0. The van der Waals surface area contributed by atoms with Crippen LogP contribution in [0.25, 0.3) is 23.0 Å². The number of piperidine rings is 1. The molecule has 1 saturated heterocycles. The van der Waals surface area contributed by atoms with Crippen LogP contribution in [0.5, 0.6) is 0 Å². The molecule has 1 aromatic carbocycles. The molecule has 1 aliphatic heterocycles. The zero-order valence-electron chi connectivity index (χ0n) is 29.1. The fourth-order valence-corrected chi connectivity index (χ4v) is 5.60. The molecule has 0 radical (unpaired) electrons. The van der Waals surface area contributed by atoms with Crippen LogP contribution in [0.3, 0.4) is 0 Å². The SMILES string of the molecule is CN(C)C(=O)C1[C@H]2CN(c3cnc(N(C(=O)OC(C)(C)C)C(=O)OC(C)(C)C)c(-c4nnc(-c5ccc(CN(C)C(=O)O)cc5)o4)n3)C[C@@H]12. The molecule has 3 aromatic rings. The van der Waals surface area contributed by atoms with Gasteiger partial charge in [0, 0.05) is 52.3 Å². The molecular weight excluding hydrogens is 636 g/mol. The lowest BCUT2D eigenvalue weighted by Crippen LogP contribution is -2.44. The Morgan fingerprint density at radius 2 is 1.45 bits per heavy atom. The highest BCUT2D eigenvalue weighted by atomic mass is 16.6. The van der Waals surface area contributed by atoms with E-state index in [1.807, 2.05) is 4.90 Å². The fourth-order valence-electron chi connectivity index (χ4n) is 5.60. The zero-order chi connectivity index (χ0) is 36.0. The number of benzene rings is 1. The minimum Gasteiger partial charge on any atom is -0.465 e. The third-order valence-corrected chi connectivity index (χ3v) is 7.92. The molecule has 2 aliphatic rings. The van der Waals surface area contributed by atoms with Crippen molar-refractivity contribution in [1.29, 1.82) is 0 Å². The van der Waals surface area contributed by atoms with Gasteiger partial charge in [-0.25, -0.2) is 24.4 Å². The van der Waals surface area contributed by atoms with Crippen LogP contribution in [0.1, 0.15) is 47.1 Å². The van der Waals surface area contributed by atoms with Gasteiger partial charge in [0.15, 0.2) is 11.5 Å². The van der Waals surface area contributed by atoms with E-state index in [1.54, 1.807) is 84.8 Å². The van der Waals surface area contributed by atoms with Gasteiger partial charge in [0.25, 0.3) is 5.89 Å². The summed E-state index contributed by atoms with van der Waals surface area (Å²) >= 11 is 0. The number of hydrogen-bond acceptors (Lipinski definition) is 12. The fraction of sp³-hybridized carbons (Fsp3) is 0.515. The van der Waals surface area contributed by atoms with Gasteiger partial charge < -0.3 is 33.7 Å². The highest BCUT2D eigenvalue weighted by Crippen LogP contribution is 2.53. The van der Waals surface area contributed by atoms with Gasteiger partial charge >= 0.3 is 18.3 Å². The molecule has 49 heavy (non-hydrogen) atoms. The Morgan fingerprint density at radius 3 is 1.96 bits per heavy atom. The molecule has 3 atom stereocenters. The van der Waals surface area contributed by atoms with Gasteiger partial charge in [-0.1, -0.05) is 12.1 Å². The van der Waals surface area contributed by atoms with Crippen LogP contribution in [0.15, 0.2) is 34.9 Å². The zero-order valence-corrected chi connectivity index (χ0v) is 29.1. The molecule has 2 fully saturated rings. The van der Waals surface area contributed by atoms with Crippen molar-refractivity contribution in [3.63, 3.8) is 0 Å². The largest absolute Gasteiger partial charge is 0.465 e. The predicted molar refractivity (Wildman–Crippen MR) is 177 cm³/mol. The van der Waals surface area contributed by atoms with Gasteiger partial charge in [-0.05, 0) is 71.1 Å². The van der Waals surface area contributed by atoms with Crippen molar-refractivity contribution in [2.45, 2.75) is 59.3 Å². The average molecular weight is 679 g/mol. The summed E-state index contributed by atoms with van der Waals surface area (Å²) in [6.07, 6.45) is -1.69. The van der Waals surface area contributed by atoms with Crippen LogP contribution in [-0.2, 0) is 20.8 Å². The van der Waals surface area contributed by atoms with E-state index in [0.717, 1.165) is 10.5 Å². The van der Waals surface area contributed by atoms with E-state index in [1.165, 1.54) is 13.2 Å². The van der Waals surface area contributed by atoms with Gasteiger partial charge in [0.05, 0.1) is 6.20 Å². The van der Waals surface area contributed by atoms with Crippen LogP contribution in [0, 0.1) is 17.8 Å². The van der Waals surface area contributed by atoms with Crippen molar-refractivity contribution in [2.75, 3.05) is 44.0 Å². The molecule has 16 heteroatoms. The third kappa shape index (κ3) is 7.90. The number of amides is 4. The van der Waals surface area contributed by atoms with Gasteiger partial charge in [-0.2, -0.15) is 4.90 Å². The number of imide groups is 1. The van der Waals surface area contributed by atoms with Gasteiger partial charge in [0.1, 0.15) is 17.0 Å². The summed E-state index contributed by atoms with van der Waals surface area (Å²) in [6, 6.07) is 6.90. The summed E-state index contributed by atoms with van der Waals surface area (Å²) in [5.74, 6) is 0.586. The first-order valence-electron chi connectivity index (χ1n) is 15.8. The summed E-state index contributed by atoms with van der Waals surface area (Å²) in [5, 5.41) is 17.6. The number of ether oxygens (including phenoxy) is 2. The van der Waals surface area contributed by atoms with Crippen molar-refractivity contribution in [3.05, 3.63) is 36.0 Å². The molecule has 262 valence electrons. The molecule has 0 spiro atoms. The van der Waals surface area contributed by atoms with Crippen molar-refractivity contribution < 1.29 is 38.2 Å². The molecule has 16 nitrogen and oxygen atoms in total. The summed E-state index contributed by atoms with van der Waals surface area (Å²) in [5.41, 5.74) is -0.707. The van der Waals surface area contributed by atoms with Crippen LogP contribution < -0.4 is 9.80 Å². The summed E-state index contributed by atoms with van der Waals surface area (Å²) < 4.78 is 17.2. The molecule has 1 unspecified atom stereocenters. The smallest absolute Gasteiger partial charge is 0.425 e. The van der Waals surface area contributed by atoms with Crippen molar-refractivity contribution in [1.82, 2.24) is 30.0 Å². The minimum atomic E-state index is -1.05.